The third-order valence-corrected chi connectivity index (χ3v) is 6.64. The number of ether oxygens (including phenoxy) is 1. The van der Waals surface area contributed by atoms with Gasteiger partial charge in [0, 0.05) is 52.6 Å². The average molecular weight is 460 g/mol. The Balaban J connectivity index is 1.41. The third-order valence-electron chi connectivity index (χ3n) is 5.48. The van der Waals surface area contributed by atoms with Crippen LogP contribution in [0.4, 0.5) is 11.4 Å². The number of anilines is 2. The van der Waals surface area contributed by atoms with Crippen molar-refractivity contribution in [3.8, 4) is 0 Å². The number of hydrogen-bond donors (Lipinski definition) is 1. The van der Waals surface area contributed by atoms with Gasteiger partial charge in [-0.05, 0) is 73.5 Å². The van der Waals surface area contributed by atoms with Crippen LogP contribution >= 0.6 is 11.8 Å². The molecule has 2 aromatic carbocycles. The molecule has 6 heteroatoms. The summed E-state index contributed by atoms with van der Waals surface area (Å²) >= 11 is 1.71. The van der Waals surface area contributed by atoms with Crippen LogP contribution in [0.2, 0.25) is 0 Å². The molecule has 1 amide bonds. The number of nitrogens with one attached hydrogen (secondary N) is 1. The molecule has 0 atom stereocenters. The number of amides is 1. The standard InChI is InChI=1S/C27H29N3O2S/c1-3-4-27(31)29-22-7-11-25(12-8-22)33-26-18-23(28-19-20(26)2)17-21-5-9-24(10-6-21)30-13-15-32-16-14-30/h3-12,18-19H,13-17H2,1-2H3,(H,29,31)/b4-3-. The van der Waals surface area contributed by atoms with Crippen molar-refractivity contribution in [2.75, 3.05) is 36.5 Å². The molecule has 0 radical (unpaired) electrons. The van der Waals surface area contributed by atoms with Gasteiger partial charge in [0.05, 0.1) is 13.2 Å². The predicted octanol–water partition coefficient (Wildman–Crippen LogP) is 5.48. The molecular formula is C27H29N3O2S. The van der Waals surface area contributed by atoms with Gasteiger partial charge in [0.15, 0.2) is 0 Å². The van der Waals surface area contributed by atoms with Gasteiger partial charge in [-0.1, -0.05) is 30.0 Å². The predicted molar refractivity (Wildman–Crippen MR) is 135 cm³/mol. The molecule has 170 valence electrons. The lowest BCUT2D eigenvalue weighted by atomic mass is 10.1. The Morgan fingerprint density at radius 2 is 1.85 bits per heavy atom. The van der Waals surface area contributed by atoms with Crippen molar-refractivity contribution < 1.29 is 9.53 Å². The summed E-state index contributed by atoms with van der Waals surface area (Å²) in [6.45, 7) is 7.39. The fraction of sp³-hybridized carbons (Fsp3) is 0.259. The molecule has 4 rings (SSSR count). The molecular weight excluding hydrogens is 430 g/mol. The van der Waals surface area contributed by atoms with Gasteiger partial charge in [-0.3, -0.25) is 9.78 Å². The first-order valence-electron chi connectivity index (χ1n) is 11.2. The largest absolute Gasteiger partial charge is 0.378 e. The van der Waals surface area contributed by atoms with Crippen molar-refractivity contribution in [1.82, 2.24) is 4.98 Å². The van der Waals surface area contributed by atoms with E-state index in [0.717, 1.165) is 54.6 Å². The van der Waals surface area contributed by atoms with Gasteiger partial charge in [0.1, 0.15) is 0 Å². The van der Waals surface area contributed by atoms with Gasteiger partial charge in [0.2, 0.25) is 5.91 Å². The lowest BCUT2D eigenvalue weighted by Gasteiger charge is -2.28. The summed E-state index contributed by atoms with van der Waals surface area (Å²) in [4.78, 5) is 21.0. The SMILES string of the molecule is C/C=C\C(=O)Nc1ccc(Sc2cc(Cc3ccc(N4CCOCC4)cc3)ncc2C)cc1. The Morgan fingerprint density at radius 3 is 2.55 bits per heavy atom. The van der Waals surface area contributed by atoms with Crippen molar-refractivity contribution >= 4 is 29.0 Å². The van der Waals surface area contributed by atoms with E-state index in [0.29, 0.717) is 0 Å². The molecule has 0 aliphatic carbocycles. The zero-order valence-electron chi connectivity index (χ0n) is 19.1. The second kappa shape index (κ2) is 11.2. The zero-order chi connectivity index (χ0) is 23.0. The Morgan fingerprint density at radius 1 is 1.12 bits per heavy atom. The number of nitrogens with zero attached hydrogens (tertiary/aromatic N) is 2. The number of aromatic nitrogens is 1. The van der Waals surface area contributed by atoms with Gasteiger partial charge in [-0.2, -0.15) is 0 Å². The maximum atomic E-state index is 11.7. The molecule has 0 spiro atoms. The average Bonchev–Trinajstić information content (AvgIpc) is 2.84. The number of morpholine rings is 1. The second-order valence-electron chi connectivity index (χ2n) is 8.00. The minimum Gasteiger partial charge on any atom is -0.378 e. The van der Waals surface area contributed by atoms with E-state index >= 15 is 0 Å². The summed E-state index contributed by atoms with van der Waals surface area (Å²) in [5.74, 6) is -0.120. The van der Waals surface area contributed by atoms with Crippen LogP contribution in [-0.2, 0) is 16.0 Å². The van der Waals surface area contributed by atoms with E-state index in [-0.39, 0.29) is 5.91 Å². The zero-order valence-corrected chi connectivity index (χ0v) is 19.9. The molecule has 1 aliphatic heterocycles. The van der Waals surface area contributed by atoms with Crippen LogP contribution < -0.4 is 10.2 Å². The van der Waals surface area contributed by atoms with Crippen LogP contribution in [0, 0.1) is 6.92 Å². The lowest BCUT2D eigenvalue weighted by molar-refractivity contribution is -0.111. The molecule has 0 bridgehead atoms. The van der Waals surface area contributed by atoms with E-state index < -0.39 is 0 Å². The first kappa shape index (κ1) is 23.1. The first-order valence-corrected chi connectivity index (χ1v) is 12.0. The number of rotatable bonds is 7. The van der Waals surface area contributed by atoms with E-state index in [9.17, 15) is 4.79 Å². The highest BCUT2D eigenvalue weighted by atomic mass is 32.2. The summed E-state index contributed by atoms with van der Waals surface area (Å²) in [6, 6.07) is 18.9. The smallest absolute Gasteiger partial charge is 0.248 e. The number of pyridine rings is 1. The van der Waals surface area contributed by atoms with Gasteiger partial charge in [-0.25, -0.2) is 0 Å². The molecule has 1 aliphatic rings. The maximum absolute atomic E-state index is 11.7. The maximum Gasteiger partial charge on any atom is 0.248 e. The number of aryl methyl sites for hydroxylation is 1. The van der Waals surface area contributed by atoms with Crippen molar-refractivity contribution in [1.29, 1.82) is 0 Å². The molecule has 1 N–H and O–H groups in total. The van der Waals surface area contributed by atoms with E-state index in [1.165, 1.54) is 22.2 Å². The quantitative estimate of drug-likeness (QED) is 0.474. The lowest BCUT2D eigenvalue weighted by Crippen LogP contribution is -2.36. The summed E-state index contributed by atoms with van der Waals surface area (Å²) in [5, 5.41) is 2.85. The van der Waals surface area contributed by atoms with Crippen LogP contribution in [0.3, 0.4) is 0 Å². The Labute approximate surface area is 199 Å². The fourth-order valence-corrected chi connectivity index (χ4v) is 4.61. The number of benzene rings is 2. The molecule has 33 heavy (non-hydrogen) atoms. The highest BCUT2D eigenvalue weighted by Crippen LogP contribution is 2.31. The number of carbonyl (C=O) groups is 1. The van der Waals surface area contributed by atoms with E-state index in [2.05, 4.69) is 52.5 Å². The fourth-order valence-electron chi connectivity index (χ4n) is 3.68. The molecule has 2 heterocycles. The van der Waals surface area contributed by atoms with Crippen LogP contribution in [0.25, 0.3) is 0 Å². The van der Waals surface area contributed by atoms with Crippen LogP contribution in [-0.4, -0.2) is 37.2 Å². The van der Waals surface area contributed by atoms with Gasteiger partial charge >= 0.3 is 0 Å². The van der Waals surface area contributed by atoms with Crippen LogP contribution in [0.15, 0.2) is 82.7 Å². The van der Waals surface area contributed by atoms with Crippen LogP contribution in [0.1, 0.15) is 23.7 Å². The molecule has 1 saturated heterocycles. The highest BCUT2D eigenvalue weighted by Gasteiger charge is 2.11. The molecule has 0 saturated carbocycles. The number of hydrogen-bond acceptors (Lipinski definition) is 5. The number of allylic oxidation sites excluding steroid dienone is 1. The van der Waals surface area contributed by atoms with E-state index in [1.807, 2.05) is 37.4 Å². The molecule has 5 nitrogen and oxygen atoms in total. The Kier molecular flexibility index (Phi) is 7.81. The highest BCUT2D eigenvalue weighted by molar-refractivity contribution is 7.99. The minimum atomic E-state index is -0.120. The normalized spacial score (nSPS) is 13.9. The Hall–Kier alpha value is -3.09. The third kappa shape index (κ3) is 6.46. The topological polar surface area (TPSA) is 54.5 Å². The van der Waals surface area contributed by atoms with Crippen LogP contribution in [0.5, 0.6) is 0 Å². The van der Waals surface area contributed by atoms with E-state index in [4.69, 9.17) is 4.74 Å². The minimum absolute atomic E-state index is 0.120. The van der Waals surface area contributed by atoms with Crippen molar-refractivity contribution in [3.63, 3.8) is 0 Å². The van der Waals surface area contributed by atoms with Crippen molar-refractivity contribution in [3.05, 3.63) is 89.8 Å². The van der Waals surface area contributed by atoms with E-state index in [1.54, 1.807) is 17.8 Å². The summed E-state index contributed by atoms with van der Waals surface area (Å²) in [6.07, 6.45) is 5.99. The number of carbonyl (C=O) groups excluding carboxylic acids is 1. The van der Waals surface area contributed by atoms with Crippen molar-refractivity contribution in [2.24, 2.45) is 0 Å². The monoisotopic (exact) mass is 459 g/mol. The van der Waals surface area contributed by atoms with Gasteiger partial charge in [0.25, 0.3) is 0 Å². The second-order valence-corrected chi connectivity index (χ2v) is 9.11. The molecule has 1 aromatic heterocycles. The first-order chi connectivity index (χ1) is 16.1. The molecule has 3 aromatic rings. The van der Waals surface area contributed by atoms with Crippen molar-refractivity contribution in [2.45, 2.75) is 30.1 Å². The Bertz CT molecular complexity index is 1110. The van der Waals surface area contributed by atoms with Gasteiger partial charge in [-0.15, -0.1) is 0 Å². The summed E-state index contributed by atoms with van der Waals surface area (Å²) in [5.41, 5.74) is 5.49. The summed E-state index contributed by atoms with van der Waals surface area (Å²) < 4.78 is 5.45. The molecule has 1 fully saturated rings. The summed E-state index contributed by atoms with van der Waals surface area (Å²) in [7, 11) is 0. The molecule has 0 unspecified atom stereocenters. The van der Waals surface area contributed by atoms with Gasteiger partial charge < -0.3 is 15.0 Å².